The molecule has 2 heterocycles. The van der Waals surface area contributed by atoms with Crippen molar-refractivity contribution in [3.63, 3.8) is 0 Å². The first-order chi connectivity index (χ1) is 10.2. The van der Waals surface area contributed by atoms with Gasteiger partial charge in [0.1, 0.15) is 5.82 Å². The second kappa shape index (κ2) is 4.56. The molecule has 3 rings (SSSR count). The lowest BCUT2D eigenvalue weighted by Gasteiger charge is -2.35. The second-order valence-electron chi connectivity index (χ2n) is 5.03. The summed E-state index contributed by atoms with van der Waals surface area (Å²) in [6.07, 6.45) is -6.14. The monoisotopic (exact) mass is 316 g/mol. The highest BCUT2D eigenvalue weighted by atomic mass is 19.3. The van der Waals surface area contributed by atoms with Crippen molar-refractivity contribution in [1.82, 2.24) is 0 Å². The Kier molecular flexibility index (Phi) is 3.01. The molecule has 1 aromatic rings. The number of para-hydroxylation sites is 1. The van der Waals surface area contributed by atoms with Gasteiger partial charge in [-0.15, -0.1) is 0 Å². The van der Waals surface area contributed by atoms with Crippen LogP contribution in [0.5, 0.6) is 11.5 Å². The predicted octanol–water partition coefficient (Wildman–Crippen LogP) is 3.21. The van der Waals surface area contributed by atoms with E-state index in [0.717, 1.165) is 11.6 Å². The molecule has 0 bridgehead atoms. The lowest BCUT2D eigenvalue weighted by atomic mass is 10.1. The molecule has 2 aliphatic heterocycles. The summed E-state index contributed by atoms with van der Waals surface area (Å²) in [4.78, 5) is 1.48. The lowest BCUT2D eigenvalue weighted by molar-refractivity contribution is -0.391. The van der Waals surface area contributed by atoms with Crippen molar-refractivity contribution in [2.45, 2.75) is 19.1 Å². The normalized spacial score (nSPS) is 22.0. The van der Waals surface area contributed by atoms with Crippen molar-refractivity contribution in [3.8, 4) is 11.5 Å². The average Bonchev–Trinajstić information content (AvgIpc) is 2.42. The molecule has 0 spiro atoms. The smallest absolute Gasteiger partial charge is 0.421 e. The van der Waals surface area contributed by atoms with Crippen LogP contribution in [0.1, 0.15) is 6.92 Å². The Morgan fingerprint density at radius 1 is 1.09 bits per heavy atom. The van der Waals surface area contributed by atoms with Gasteiger partial charge in [0.2, 0.25) is 0 Å². The third kappa shape index (κ3) is 2.15. The zero-order chi connectivity index (χ0) is 16.1. The Morgan fingerprint density at radius 3 is 2.50 bits per heavy atom. The van der Waals surface area contributed by atoms with Crippen LogP contribution in [0, 0.1) is 0 Å². The third-order valence-corrected chi connectivity index (χ3v) is 3.31. The number of ether oxygens (including phenoxy) is 2. The van der Waals surface area contributed by atoms with Crippen molar-refractivity contribution < 1.29 is 27.0 Å². The molecule has 0 unspecified atom stereocenters. The highest BCUT2D eigenvalue weighted by molar-refractivity contribution is 5.69. The van der Waals surface area contributed by atoms with Crippen LogP contribution in [0.25, 0.3) is 0 Å². The SMILES string of the molecule is CC1=CC=C(N)N(c2cccc3c2OC(F)(F)C(F)(F)O3)C1. The number of allylic oxidation sites excluding steroid dienone is 2. The molecule has 8 heteroatoms. The van der Waals surface area contributed by atoms with Gasteiger partial charge in [0, 0.05) is 6.54 Å². The van der Waals surface area contributed by atoms with Gasteiger partial charge in [0.25, 0.3) is 0 Å². The molecule has 0 aromatic heterocycles. The van der Waals surface area contributed by atoms with E-state index in [2.05, 4.69) is 9.47 Å². The van der Waals surface area contributed by atoms with E-state index in [1.54, 1.807) is 12.2 Å². The fourth-order valence-corrected chi connectivity index (χ4v) is 2.22. The van der Waals surface area contributed by atoms with Gasteiger partial charge in [-0.1, -0.05) is 17.7 Å². The minimum Gasteiger partial charge on any atom is -0.421 e. The molecule has 2 aliphatic rings. The topological polar surface area (TPSA) is 47.7 Å². The molecule has 0 atom stereocenters. The zero-order valence-corrected chi connectivity index (χ0v) is 11.4. The summed E-state index contributed by atoms with van der Waals surface area (Å²) in [7, 11) is 0. The summed E-state index contributed by atoms with van der Waals surface area (Å²) in [5.74, 6) is -0.652. The van der Waals surface area contributed by atoms with E-state index in [0.29, 0.717) is 6.54 Å². The second-order valence-corrected chi connectivity index (χ2v) is 5.03. The van der Waals surface area contributed by atoms with Crippen molar-refractivity contribution in [1.29, 1.82) is 0 Å². The van der Waals surface area contributed by atoms with Crippen LogP contribution < -0.4 is 20.1 Å². The van der Waals surface area contributed by atoms with Crippen LogP contribution in [0.3, 0.4) is 0 Å². The summed E-state index contributed by atoms with van der Waals surface area (Å²) in [5.41, 5.74) is 6.89. The maximum Gasteiger partial charge on any atom is 0.507 e. The number of nitrogens with zero attached hydrogens (tertiary/aromatic N) is 1. The Labute approximate surface area is 123 Å². The number of alkyl halides is 4. The third-order valence-electron chi connectivity index (χ3n) is 3.31. The van der Waals surface area contributed by atoms with E-state index < -0.39 is 23.7 Å². The zero-order valence-electron chi connectivity index (χ0n) is 11.4. The summed E-state index contributed by atoms with van der Waals surface area (Å²) in [6, 6.07) is 3.98. The van der Waals surface area contributed by atoms with Crippen LogP contribution in [-0.2, 0) is 0 Å². The number of anilines is 1. The molecule has 1 aromatic carbocycles. The summed E-state index contributed by atoms with van der Waals surface area (Å²) in [5, 5.41) is 0. The number of nitrogens with two attached hydrogens (primary N) is 1. The van der Waals surface area contributed by atoms with Gasteiger partial charge < -0.3 is 20.1 Å². The largest absolute Gasteiger partial charge is 0.507 e. The van der Waals surface area contributed by atoms with Gasteiger partial charge in [-0.2, -0.15) is 17.6 Å². The Balaban J connectivity index is 2.07. The fourth-order valence-electron chi connectivity index (χ4n) is 2.22. The quantitative estimate of drug-likeness (QED) is 0.808. The molecule has 22 heavy (non-hydrogen) atoms. The van der Waals surface area contributed by atoms with Crippen LogP contribution >= 0.6 is 0 Å². The van der Waals surface area contributed by atoms with Gasteiger partial charge in [-0.3, -0.25) is 0 Å². The number of halogens is 4. The van der Waals surface area contributed by atoms with E-state index in [4.69, 9.17) is 5.73 Å². The first-order valence-corrected chi connectivity index (χ1v) is 6.38. The molecule has 0 amide bonds. The summed E-state index contributed by atoms with van der Waals surface area (Å²) >= 11 is 0. The number of fused-ring (bicyclic) bond motifs is 1. The van der Waals surface area contributed by atoms with Crippen LogP contribution in [0.4, 0.5) is 23.2 Å². The molecular weight excluding hydrogens is 304 g/mol. The lowest BCUT2D eigenvalue weighted by Crippen LogP contribution is -2.52. The van der Waals surface area contributed by atoms with Gasteiger partial charge >= 0.3 is 12.2 Å². The molecule has 0 saturated carbocycles. The number of hydrogen-bond donors (Lipinski definition) is 1. The predicted molar refractivity (Wildman–Crippen MR) is 71.0 cm³/mol. The molecule has 4 nitrogen and oxygen atoms in total. The van der Waals surface area contributed by atoms with Crippen LogP contribution in [-0.4, -0.2) is 18.8 Å². The van der Waals surface area contributed by atoms with Crippen LogP contribution in [0.2, 0.25) is 0 Å². The van der Waals surface area contributed by atoms with Crippen molar-refractivity contribution >= 4 is 5.69 Å². The van der Waals surface area contributed by atoms with Gasteiger partial charge in [-0.25, -0.2) is 0 Å². The minimum absolute atomic E-state index is 0.133. The molecule has 118 valence electrons. The van der Waals surface area contributed by atoms with E-state index in [9.17, 15) is 17.6 Å². The Morgan fingerprint density at radius 2 is 1.77 bits per heavy atom. The molecular formula is C14H12F4N2O2. The highest BCUT2D eigenvalue weighted by Gasteiger charge is 2.66. The Bertz CT molecular complexity index is 685. The van der Waals surface area contributed by atoms with E-state index in [-0.39, 0.29) is 11.5 Å². The highest BCUT2D eigenvalue weighted by Crippen LogP contribution is 2.51. The van der Waals surface area contributed by atoms with Crippen molar-refractivity contribution in [3.05, 3.63) is 41.7 Å². The van der Waals surface area contributed by atoms with Crippen molar-refractivity contribution in [2.75, 3.05) is 11.4 Å². The average molecular weight is 316 g/mol. The number of benzene rings is 1. The van der Waals surface area contributed by atoms with Gasteiger partial charge in [-0.05, 0) is 25.1 Å². The van der Waals surface area contributed by atoms with Crippen molar-refractivity contribution in [2.24, 2.45) is 5.73 Å². The van der Waals surface area contributed by atoms with E-state index in [1.807, 2.05) is 6.92 Å². The fraction of sp³-hybridized carbons (Fsp3) is 0.286. The standard InChI is InChI=1S/C14H12F4N2O2/c1-8-5-6-11(19)20(7-8)9-3-2-4-10-12(9)22-14(17,18)13(15,16)21-10/h2-6H,7,19H2,1H3. The molecule has 2 N–H and O–H groups in total. The molecule has 0 aliphatic carbocycles. The molecule has 0 fully saturated rings. The molecule has 0 saturated heterocycles. The van der Waals surface area contributed by atoms with Gasteiger partial charge in [0.05, 0.1) is 5.69 Å². The number of hydrogen-bond acceptors (Lipinski definition) is 4. The first-order valence-electron chi connectivity index (χ1n) is 6.38. The van der Waals surface area contributed by atoms with Crippen LogP contribution in [0.15, 0.2) is 41.7 Å². The maximum atomic E-state index is 13.4. The van der Waals surface area contributed by atoms with E-state index in [1.165, 1.54) is 17.0 Å². The number of rotatable bonds is 1. The van der Waals surface area contributed by atoms with Gasteiger partial charge in [0.15, 0.2) is 11.5 Å². The summed E-state index contributed by atoms with van der Waals surface area (Å²) in [6.45, 7) is 2.15. The maximum absolute atomic E-state index is 13.4. The molecule has 0 radical (unpaired) electrons. The summed E-state index contributed by atoms with van der Waals surface area (Å²) < 4.78 is 61.6. The minimum atomic E-state index is -4.77. The van der Waals surface area contributed by atoms with E-state index >= 15 is 0 Å². The first kappa shape index (κ1) is 14.6. The Hall–Kier alpha value is -2.38.